The van der Waals surface area contributed by atoms with Gasteiger partial charge >= 0.3 is 0 Å². The Kier molecular flexibility index (Phi) is 6.89. The van der Waals surface area contributed by atoms with Gasteiger partial charge in [-0.25, -0.2) is 4.98 Å². The molecule has 0 fully saturated rings. The fourth-order valence-electron chi connectivity index (χ4n) is 2.98. The second kappa shape index (κ2) is 9.37. The maximum Gasteiger partial charge on any atom is 0.263 e. The average Bonchev–Trinajstić information content (AvgIpc) is 2.99. The number of hydrogen-bond acceptors (Lipinski definition) is 6. The molecular formula is C21H23N3O2S2. The first kappa shape index (κ1) is 20.6. The largest absolute Gasteiger partial charge is 0.382 e. The second-order valence-electron chi connectivity index (χ2n) is 6.42. The SMILES string of the molecule is CCOCCCn1c(SCc2ccccc2C#N)nc2sc(C)c(C)c2c1=O. The Labute approximate surface area is 173 Å². The van der Waals surface area contributed by atoms with E-state index in [2.05, 4.69) is 6.07 Å². The number of nitriles is 1. The van der Waals surface area contributed by atoms with Crippen LogP contribution in [-0.4, -0.2) is 22.8 Å². The second-order valence-corrected chi connectivity index (χ2v) is 8.57. The summed E-state index contributed by atoms with van der Waals surface area (Å²) in [7, 11) is 0. The Morgan fingerprint density at radius 2 is 2.11 bits per heavy atom. The minimum atomic E-state index is 0.0133. The fourth-order valence-corrected chi connectivity index (χ4v) is 5.08. The smallest absolute Gasteiger partial charge is 0.263 e. The van der Waals surface area contributed by atoms with Crippen LogP contribution in [0.1, 0.15) is 34.9 Å². The average molecular weight is 414 g/mol. The summed E-state index contributed by atoms with van der Waals surface area (Å²) in [6.45, 7) is 7.82. The molecule has 0 spiro atoms. The first-order chi connectivity index (χ1) is 13.6. The van der Waals surface area contributed by atoms with Crippen molar-refractivity contribution in [1.82, 2.24) is 9.55 Å². The first-order valence-corrected chi connectivity index (χ1v) is 11.1. The lowest BCUT2D eigenvalue weighted by Crippen LogP contribution is -2.24. The van der Waals surface area contributed by atoms with Crippen LogP contribution in [0.2, 0.25) is 0 Å². The molecule has 0 bridgehead atoms. The molecule has 146 valence electrons. The molecule has 0 radical (unpaired) electrons. The Morgan fingerprint density at radius 3 is 2.86 bits per heavy atom. The Bertz CT molecular complexity index is 1080. The van der Waals surface area contributed by atoms with Gasteiger partial charge in [0.2, 0.25) is 0 Å². The van der Waals surface area contributed by atoms with Gasteiger partial charge in [-0.3, -0.25) is 9.36 Å². The van der Waals surface area contributed by atoms with Crippen LogP contribution in [0.5, 0.6) is 0 Å². The van der Waals surface area contributed by atoms with Crippen LogP contribution in [-0.2, 0) is 17.0 Å². The molecule has 0 amide bonds. The van der Waals surface area contributed by atoms with Crippen LogP contribution >= 0.6 is 23.1 Å². The normalized spacial score (nSPS) is 11.1. The van der Waals surface area contributed by atoms with E-state index in [4.69, 9.17) is 9.72 Å². The van der Waals surface area contributed by atoms with E-state index in [1.54, 1.807) is 15.9 Å². The molecule has 0 N–H and O–H groups in total. The summed E-state index contributed by atoms with van der Waals surface area (Å²) in [5.41, 5.74) is 2.63. The molecule has 0 atom stereocenters. The number of fused-ring (bicyclic) bond motifs is 1. The monoisotopic (exact) mass is 413 g/mol. The number of ether oxygens (including phenoxy) is 1. The van der Waals surface area contributed by atoms with E-state index in [-0.39, 0.29) is 5.56 Å². The number of hydrogen-bond donors (Lipinski definition) is 0. The molecule has 28 heavy (non-hydrogen) atoms. The van der Waals surface area contributed by atoms with Gasteiger partial charge in [-0.05, 0) is 44.4 Å². The first-order valence-electron chi connectivity index (χ1n) is 9.25. The zero-order chi connectivity index (χ0) is 20.1. The number of thioether (sulfide) groups is 1. The summed E-state index contributed by atoms with van der Waals surface area (Å²) in [6, 6.07) is 9.77. The number of aryl methyl sites for hydroxylation is 2. The van der Waals surface area contributed by atoms with Crippen molar-refractivity contribution < 1.29 is 4.74 Å². The van der Waals surface area contributed by atoms with Crippen molar-refractivity contribution in [2.45, 2.75) is 44.6 Å². The topological polar surface area (TPSA) is 67.9 Å². The van der Waals surface area contributed by atoms with Gasteiger partial charge in [-0.15, -0.1) is 11.3 Å². The van der Waals surface area contributed by atoms with Crippen molar-refractivity contribution in [2.24, 2.45) is 0 Å². The third-order valence-corrected chi connectivity index (χ3v) is 6.75. The molecule has 1 aromatic carbocycles. The molecule has 3 rings (SSSR count). The van der Waals surface area contributed by atoms with Gasteiger partial charge in [0.15, 0.2) is 5.16 Å². The van der Waals surface area contributed by atoms with E-state index in [1.165, 1.54) is 11.8 Å². The van der Waals surface area contributed by atoms with Crippen molar-refractivity contribution in [3.8, 4) is 6.07 Å². The Hall–Kier alpha value is -2.14. The molecule has 0 aliphatic heterocycles. The van der Waals surface area contributed by atoms with Gasteiger partial charge < -0.3 is 4.74 Å². The van der Waals surface area contributed by atoms with Gasteiger partial charge in [-0.2, -0.15) is 5.26 Å². The number of thiophene rings is 1. The van der Waals surface area contributed by atoms with Crippen molar-refractivity contribution in [3.05, 3.63) is 56.2 Å². The van der Waals surface area contributed by atoms with Crippen molar-refractivity contribution >= 4 is 33.3 Å². The van der Waals surface area contributed by atoms with E-state index >= 15 is 0 Å². The highest BCUT2D eigenvalue weighted by Gasteiger charge is 2.17. The van der Waals surface area contributed by atoms with Crippen LogP contribution in [0.15, 0.2) is 34.2 Å². The van der Waals surface area contributed by atoms with Gasteiger partial charge in [0, 0.05) is 30.4 Å². The van der Waals surface area contributed by atoms with Crippen molar-refractivity contribution in [1.29, 1.82) is 5.26 Å². The molecule has 0 aliphatic carbocycles. The zero-order valence-electron chi connectivity index (χ0n) is 16.3. The van der Waals surface area contributed by atoms with Gasteiger partial charge in [-0.1, -0.05) is 30.0 Å². The molecule has 3 aromatic rings. The Balaban J connectivity index is 1.96. The van der Waals surface area contributed by atoms with E-state index in [0.717, 1.165) is 32.6 Å². The number of rotatable bonds is 8. The third kappa shape index (κ3) is 4.30. The highest BCUT2D eigenvalue weighted by molar-refractivity contribution is 7.98. The van der Waals surface area contributed by atoms with Crippen LogP contribution < -0.4 is 5.56 Å². The van der Waals surface area contributed by atoms with Gasteiger partial charge in [0.05, 0.1) is 17.0 Å². The lowest BCUT2D eigenvalue weighted by Gasteiger charge is -2.12. The summed E-state index contributed by atoms with van der Waals surface area (Å²) in [5.74, 6) is 0.594. The predicted octanol–water partition coefficient (Wildman–Crippen LogP) is 4.67. The minimum Gasteiger partial charge on any atom is -0.382 e. The minimum absolute atomic E-state index is 0.0133. The van der Waals surface area contributed by atoms with E-state index in [1.807, 2.05) is 45.0 Å². The van der Waals surface area contributed by atoms with Crippen LogP contribution in [0, 0.1) is 25.2 Å². The summed E-state index contributed by atoms with van der Waals surface area (Å²) >= 11 is 3.07. The molecule has 2 aromatic heterocycles. The van der Waals surface area contributed by atoms with E-state index in [0.29, 0.717) is 36.2 Å². The third-order valence-electron chi connectivity index (χ3n) is 4.62. The van der Waals surface area contributed by atoms with Crippen LogP contribution in [0.25, 0.3) is 10.2 Å². The lowest BCUT2D eigenvalue weighted by atomic mass is 10.1. The molecule has 7 heteroatoms. The Morgan fingerprint density at radius 1 is 1.32 bits per heavy atom. The number of benzene rings is 1. The van der Waals surface area contributed by atoms with E-state index in [9.17, 15) is 10.1 Å². The summed E-state index contributed by atoms with van der Waals surface area (Å²) < 4.78 is 7.20. The molecular weight excluding hydrogens is 390 g/mol. The number of nitrogens with zero attached hydrogens (tertiary/aromatic N) is 3. The van der Waals surface area contributed by atoms with Crippen molar-refractivity contribution in [3.63, 3.8) is 0 Å². The fraction of sp³-hybridized carbons (Fsp3) is 0.381. The molecule has 0 saturated heterocycles. The standard InChI is InChI=1S/C21H23N3O2S2/c1-4-26-11-7-10-24-20(25)18-14(2)15(3)28-19(18)23-21(24)27-13-17-9-6-5-8-16(17)12-22/h5-6,8-9H,4,7,10-11,13H2,1-3H3. The maximum atomic E-state index is 13.2. The van der Waals surface area contributed by atoms with Crippen molar-refractivity contribution in [2.75, 3.05) is 13.2 Å². The van der Waals surface area contributed by atoms with Gasteiger partial charge in [0.1, 0.15) is 4.83 Å². The molecule has 0 aliphatic rings. The summed E-state index contributed by atoms with van der Waals surface area (Å²) in [6.07, 6.45) is 0.755. The molecule has 0 saturated carbocycles. The summed E-state index contributed by atoms with van der Waals surface area (Å²) in [4.78, 5) is 19.9. The van der Waals surface area contributed by atoms with Crippen LogP contribution in [0.4, 0.5) is 0 Å². The highest BCUT2D eigenvalue weighted by atomic mass is 32.2. The van der Waals surface area contributed by atoms with Gasteiger partial charge in [0.25, 0.3) is 5.56 Å². The summed E-state index contributed by atoms with van der Waals surface area (Å²) in [5, 5.41) is 10.7. The zero-order valence-corrected chi connectivity index (χ0v) is 18.0. The quantitative estimate of drug-likeness (QED) is 0.305. The maximum absolute atomic E-state index is 13.2. The molecule has 0 unspecified atom stereocenters. The van der Waals surface area contributed by atoms with Crippen LogP contribution in [0.3, 0.4) is 0 Å². The van der Waals surface area contributed by atoms with E-state index < -0.39 is 0 Å². The number of aromatic nitrogens is 2. The lowest BCUT2D eigenvalue weighted by molar-refractivity contribution is 0.140. The molecule has 2 heterocycles. The highest BCUT2D eigenvalue weighted by Crippen LogP contribution is 2.30. The molecule has 5 nitrogen and oxygen atoms in total. The predicted molar refractivity (Wildman–Crippen MR) is 115 cm³/mol.